The van der Waals surface area contributed by atoms with Crippen LogP contribution < -0.4 is 10.2 Å². The monoisotopic (exact) mass is 415 g/mol. The first-order chi connectivity index (χ1) is 13.7. The van der Waals surface area contributed by atoms with Crippen molar-refractivity contribution in [2.24, 2.45) is 0 Å². The molecule has 0 aliphatic carbocycles. The summed E-state index contributed by atoms with van der Waals surface area (Å²) in [6.07, 6.45) is 5.12. The van der Waals surface area contributed by atoms with Crippen molar-refractivity contribution in [2.45, 2.75) is 0 Å². The van der Waals surface area contributed by atoms with Gasteiger partial charge in [0.15, 0.2) is 10.1 Å². The number of benzene rings is 1. The molecule has 1 N–H and O–H groups in total. The predicted molar refractivity (Wildman–Crippen MR) is 115 cm³/mol. The molecule has 2 aromatic heterocycles. The van der Waals surface area contributed by atoms with Crippen molar-refractivity contribution in [3.8, 4) is 0 Å². The fraction of sp³-hybridized carbons (Fsp3) is 0.300. The minimum absolute atomic E-state index is 0.121. The number of carbonyl (C=O) groups is 1. The summed E-state index contributed by atoms with van der Waals surface area (Å²) in [5.74, 6) is -0.121. The van der Waals surface area contributed by atoms with Crippen molar-refractivity contribution in [1.82, 2.24) is 19.6 Å². The van der Waals surface area contributed by atoms with Crippen LogP contribution in [0.15, 0.2) is 48.0 Å². The van der Waals surface area contributed by atoms with Crippen LogP contribution in [-0.4, -0.2) is 59.5 Å². The number of thiazole rings is 1. The van der Waals surface area contributed by atoms with E-state index in [9.17, 15) is 4.79 Å². The Balaban J connectivity index is 1.21. The van der Waals surface area contributed by atoms with Gasteiger partial charge in [-0.25, -0.2) is 4.98 Å². The Bertz CT molecular complexity index is 960. The van der Waals surface area contributed by atoms with Crippen molar-refractivity contribution >= 4 is 45.6 Å². The molecule has 1 amide bonds. The van der Waals surface area contributed by atoms with E-state index in [0.29, 0.717) is 11.7 Å². The summed E-state index contributed by atoms with van der Waals surface area (Å²) in [6, 6.07) is 10.5. The van der Waals surface area contributed by atoms with Gasteiger partial charge in [-0.3, -0.25) is 14.1 Å². The molecular weight excluding hydrogens is 394 g/mol. The molecule has 146 valence electrons. The Hall–Kier alpha value is -2.35. The second-order valence-electron chi connectivity index (χ2n) is 6.63. The third-order valence-corrected chi connectivity index (χ3v) is 5.90. The first-order valence-electron chi connectivity index (χ1n) is 9.30. The largest absolute Gasteiger partial charge is 0.369 e. The smallest absolute Gasteiger partial charge is 0.244 e. The summed E-state index contributed by atoms with van der Waals surface area (Å²) in [4.78, 5) is 22.0. The minimum atomic E-state index is -0.121. The van der Waals surface area contributed by atoms with Gasteiger partial charge in [-0.15, -0.1) is 11.3 Å². The number of piperazine rings is 1. The number of nitrogens with one attached hydrogen (secondary N) is 1. The summed E-state index contributed by atoms with van der Waals surface area (Å²) >= 11 is 7.64. The molecule has 6 nitrogen and oxygen atoms in total. The van der Waals surface area contributed by atoms with Crippen LogP contribution >= 0.6 is 22.9 Å². The first-order valence-corrected chi connectivity index (χ1v) is 10.6. The van der Waals surface area contributed by atoms with E-state index in [-0.39, 0.29) is 5.91 Å². The van der Waals surface area contributed by atoms with Gasteiger partial charge >= 0.3 is 0 Å². The molecule has 3 aromatic rings. The van der Waals surface area contributed by atoms with Gasteiger partial charge in [0.2, 0.25) is 5.91 Å². The molecule has 1 fully saturated rings. The SMILES string of the molecule is O=C(/C=C/c1c(Cl)nc2sccn12)NCCN1CCN(c2ccccc2)CC1. The highest BCUT2D eigenvalue weighted by Crippen LogP contribution is 2.22. The number of para-hydroxylation sites is 1. The van der Waals surface area contributed by atoms with Crippen molar-refractivity contribution in [3.63, 3.8) is 0 Å². The van der Waals surface area contributed by atoms with Crippen LogP contribution in [0.2, 0.25) is 5.15 Å². The van der Waals surface area contributed by atoms with Gasteiger partial charge < -0.3 is 10.2 Å². The molecule has 0 unspecified atom stereocenters. The second kappa shape index (κ2) is 8.77. The van der Waals surface area contributed by atoms with Gasteiger partial charge in [0, 0.05) is 62.6 Å². The standard InChI is InChI=1S/C20H22ClN5OS/c21-19-17(26-14-15-28-20(26)23-19)6-7-18(27)22-8-9-24-10-12-25(13-11-24)16-4-2-1-3-5-16/h1-7,14-15H,8-13H2,(H,22,27)/b7-6+. The van der Waals surface area contributed by atoms with Crippen LogP contribution in [0.25, 0.3) is 11.0 Å². The van der Waals surface area contributed by atoms with Gasteiger partial charge in [0.05, 0.1) is 5.69 Å². The van der Waals surface area contributed by atoms with Crippen LogP contribution in [0.4, 0.5) is 5.69 Å². The van der Waals surface area contributed by atoms with E-state index >= 15 is 0 Å². The fourth-order valence-corrected chi connectivity index (χ4v) is 4.35. The third kappa shape index (κ3) is 4.38. The number of halogens is 1. The molecule has 0 atom stereocenters. The predicted octanol–water partition coefficient (Wildman–Crippen LogP) is 3.00. The summed E-state index contributed by atoms with van der Waals surface area (Å²) in [7, 11) is 0. The van der Waals surface area contributed by atoms with E-state index in [2.05, 4.69) is 44.4 Å². The molecule has 8 heteroatoms. The molecule has 1 aliphatic rings. The number of aromatic nitrogens is 2. The molecule has 0 spiro atoms. The molecular formula is C20H22ClN5OS. The maximum Gasteiger partial charge on any atom is 0.244 e. The van der Waals surface area contributed by atoms with Crippen LogP contribution in [0, 0.1) is 0 Å². The number of fused-ring (bicyclic) bond motifs is 1. The number of nitrogens with zero attached hydrogens (tertiary/aromatic N) is 4. The number of hydrogen-bond acceptors (Lipinski definition) is 5. The summed E-state index contributed by atoms with van der Waals surface area (Å²) in [6.45, 7) is 5.50. The van der Waals surface area contributed by atoms with E-state index in [1.165, 1.54) is 23.1 Å². The average Bonchev–Trinajstić information content (AvgIpc) is 3.28. The van der Waals surface area contributed by atoms with Crippen molar-refractivity contribution in [3.05, 3.63) is 58.8 Å². The Morgan fingerprint density at radius 3 is 2.79 bits per heavy atom. The number of rotatable bonds is 6. The number of anilines is 1. The highest BCUT2D eigenvalue weighted by Gasteiger charge is 2.16. The number of imidazole rings is 1. The molecule has 0 saturated carbocycles. The molecule has 1 aliphatic heterocycles. The Morgan fingerprint density at radius 2 is 2.00 bits per heavy atom. The Labute approximate surface area is 173 Å². The van der Waals surface area contributed by atoms with E-state index in [1.54, 1.807) is 6.08 Å². The lowest BCUT2D eigenvalue weighted by Gasteiger charge is -2.36. The van der Waals surface area contributed by atoms with Crippen LogP contribution in [0.5, 0.6) is 0 Å². The molecule has 1 aromatic carbocycles. The number of amides is 1. The average molecular weight is 416 g/mol. The lowest BCUT2D eigenvalue weighted by Crippen LogP contribution is -2.48. The maximum absolute atomic E-state index is 12.1. The van der Waals surface area contributed by atoms with Gasteiger partial charge in [-0.05, 0) is 18.2 Å². The van der Waals surface area contributed by atoms with Crippen LogP contribution in [-0.2, 0) is 4.79 Å². The van der Waals surface area contributed by atoms with E-state index < -0.39 is 0 Å². The molecule has 0 bridgehead atoms. The Morgan fingerprint density at radius 1 is 1.21 bits per heavy atom. The highest BCUT2D eigenvalue weighted by atomic mass is 35.5. The summed E-state index contributed by atoms with van der Waals surface area (Å²) in [5, 5.41) is 5.29. The summed E-state index contributed by atoms with van der Waals surface area (Å²) in [5.41, 5.74) is 2.00. The van der Waals surface area contributed by atoms with E-state index in [1.807, 2.05) is 22.0 Å². The van der Waals surface area contributed by atoms with Gasteiger partial charge in [-0.2, -0.15) is 0 Å². The fourth-order valence-electron chi connectivity index (χ4n) is 3.35. The van der Waals surface area contributed by atoms with Gasteiger partial charge in [0.1, 0.15) is 0 Å². The first kappa shape index (κ1) is 19.0. The molecule has 3 heterocycles. The molecule has 4 rings (SSSR count). The van der Waals surface area contributed by atoms with Crippen molar-refractivity contribution in [1.29, 1.82) is 0 Å². The van der Waals surface area contributed by atoms with E-state index in [4.69, 9.17) is 11.6 Å². The molecule has 28 heavy (non-hydrogen) atoms. The van der Waals surface area contributed by atoms with E-state index in [0.717, 1.165) is 43.4 Å². The number of hydrogen-bond donors (Lipinski definition) is 1. The zero-order valence-electron chi connectivity index (χ0n) is 15.4. The topological polar surface area (TPSA) is 52.9 Å². The lowest BCUT2D eigenvalue weighted by atomic mass is 10.2. The zero-order chi connectivity index (χ0) is 19.3. The number of carbonyl (C=O) groups excluding carboxylic acids is 1. The van der Waals surface area contributed by atoms with Crippen LogP contribution in [0.1, 0.15) is 5.69 Å². The molecule has 0 radical (unpaired) electrons. The normalized spacial score (nSPS) is 15.5. The van der Waals surface area contributed by atoms with Crippen molar-refractivity contribution < 1.29 is 4.79 Å². The molecule has 1 saturated heterocycles. The summed E-state index contributed by atoms with van der Waals surface area (Å²) < 4.78 is 1.88. The quantitative estimate of drug-likeness (QED) is 0.629. The van der Waals surface area contributed by atoms with Crippen molar-refractivity contribution in [2.75, 3.05) is 44.2 Å². The van der Waals surface area contributed by atoms with Gasteiger partial charge in [-0.1, -0.05) is 29.8 Å². The minimum Gasteiger partial charge on any atom is -0.369 e. The third-order valence-electron chi connectivity index (χ3n) is 4.87. The van der Waals surface area contributed by atoms with Crippen LogP contribution in [0.3, 0.4) is 0 Å². The highest BCUT2D eigenvalue weighted by molar-refractivity contribution is 7.15. The zero-order valence-corrected chi connectivity index (χ0v) is 17.0. The second-order valence-corrected chi connectivity index (χ2v) is 7.86. The maximum atomic E-state index is 12.1. The van der Waals surface area contributed by atoms with Gasteiger partial charge in [0.25, 0.3) is 0 Å². The Kier molecular flexibility index (Phi) is 5.95. The lowest BCUT2D eigenvalue weighted by molar-refractivity contribution is -0.116.